The minimum Gasteiger partial charge on any atom is -0.550 e. The summed E-state index contributed by atoms with van der Waals surface area (Å²) >= 11 is 0. The third kappa shape index (κ3) is 2070. The van der Waals surface area contributed by atoms with E-state index in [-0.39, 0.29) is 37.2 Å². The van der Waals surface area contributed by atoms with Gasteiger partial charge in [0, 0.05) is 23.9 Å². The first-order chi connectivity index (χ1) is 6.93. The van der Waals surface area contributed by atoms with Crippen molar-refractivity contribution in [1.29, 1.82) is 0 Å². The van der Waals surface area contributed by atoms with Gasteiger partial charge in [-0.05, 0) is 27.7 Å². The van der Waals surface area contributed by atoms with Gasteiger partial charge >= 0.3 is 26.2 Å². The van der Waals surface area contributed by atoms with E-state index in [0.717, 1.165) is 27.7 Å². The fraction of sp³-hybridized carbons (Fsp3) is 0.500. The van der Waals surface area contributed by atoms with Crippen molar-refractivity contribution in [3.63, 3.8) is 0 Å². The van der Waals surface area contributed by atoms with Gasteiger partial charge < -0.3 is 50.6 Å². The Kier molecular flexibility index (Phi) is 81.6. The van der Waals surface area contributed by atoms with Gasteiger partial charge in [0.15, 0.2) is 0 Å². The SMILES string of the molecule is CC(=O)[O-].CC(=O)[O-].CC(=O)[O-].CC(=O)[O-].O.O.[Zr+4]. The zero-order chi connectivity index (χ0) is 14.3. The Morgan fingerprint density at radius 1 is 0.526 bits per heavy atom. The van der Waals surface area contributed by atoms with Crippen molar-refractivity contribution < 1.29 is 76.8 Å². The number of carbonyl (C=O) groups excluding carboxylic acids is 4. The van der Waals surface area contributed by atoms with E-state index in [4.69, 9.17) is 39.6 Å². The molecule has 0 heterocycles. The molecule has 0 aliphatic rings. The van der Waals surface area contributed by atoms with Crippen LogP contribution in [0.2, 0.25) is 0 Å². The van der Waals surface area contributed by atoms with Gasteiger partial charge in [0.2, 0.25) is 0 Å². The molecule has 0 bridgehead atoms. The van der Waals surface area contributed by atoms with Crippen LogP contribution in [0, 0.1) is 0 Å². The molecule has 0 aromatic rings. The van der Waals surface area contributed by atoms with Gasteiger partial charge in [-0.3, -0.25) is 0 Å². The molecule has 0 atom stereocenters. The number of carboxylic acid groups (broad SMARTS) is 4. The summed E-state index contributed by atoms with van der Waals surface area (Å²) in [6, 6.07) is 0. The first-order valence-electron chi connectivity index (χ1n) is 3.63. The number of carbonyl (C=O) groups is 4. The Balaban J connectivity index is -0.0000000192. The summed E-state index contributed by atoms with van der Waals surface area (Å²) in [5.41, 5.74) is 0. The Bertz CT molecular complexity index is 164. The molecule has 0 amide bonds. The first kappa shape index (κ1) is 43.1. The van der Waals surface area contributed by atoms with E-state index >= 15 is 0 Å². The van der Waals surface area contributed by atoms with Crippen LogP contribution >= 0.6 is 0 Å². The number of hydrogen-bond acceptors (Lipinski definition) is 8. The smallest absolute Gasteiger partial charge is 0.550 e. The minimum atomic E-state index is -1.08. The number of carboxylic acids is 4. The molecule has 112 valence electrons. The van der Waals surface area contributed by atoms with Gasteiger partial charge in [0.25, 0.3) is 0 Å². The maximum Gasteiger partial charge on any atom is 4.00 e. The summed E-state index contributed by atoms with van der Waals surface area (Å²) in [6.07, 6.45) is 0. The predicted octanol–water partition coefficient (Wildman–Crippen LogP) is -6.63. The zero-order valence-corrected chi connectivity index (χ0v) is 13.2. The van der Waals surface area contributed by atoms with Crippen LogP contribution in [0.15, 0.2) is 0 Å². The fourth-order valence-electron chi connectivity index (χ4n) is 0. The van der Waals surface area contributed by atoms with Crippen molar-refractivity contribution in [1.82, 2.24) is 0 Å². The van der Waals surface area contributed by atoms with Gasteiger partial charge in [0.05, 0.1) is 0 Å². The van der Waals surface area contributed by atoms with E-state index in [1.807, 2.05) is 0 Å². The summed E-state index contributed by atoms with van der Waals surface area (Å²) in [7, 11) is 0. The third-order valence-electron chi connectivity index (χ3n) is 0. The molecule has 0 unspecified atom stereocenters. The normalized spacial score (nSPS) is 5.26. The molecular formula is C8H16O10Zr. The van der Waals surface area contributed by atoms with Crippen molar-refractivity contribution >= 4 is 23.9 Å². The number of hydrogen-bond donors (Lipinski definition) is 0. The molecule has 11 heteroatoms. The topological polar surface area (TPSA) is 224 Å². The minimum absolute atomic E-state index is 0. The molecule has 10 nitrogen and oxygen atoms in total. The summed E-state index contributed by atoms with van der Waals surface area (Å²) in [5.74, 6) is -4.33. The van der Waals surface area contributed by atoms with E-state index in [2.05, 4.69) is 0 Å². The molecule has 0 aromatic carbocycles. The molecule has 19 heavy (non-hydrogen) atoms. The quantitative estimate of drug-likeness (QED) is 0.401. The average molecular weight is 363 g/mol. The van der Waals surface area contributed by atoms with Crippen molar-refractivity contribution in [2.24, 2.45) is 0 Å². The molecule has 0 aliphatic heterocycles. The van der Waals surface area contributed by atoms with Gasteiger partial charge in [0.1, 0.15) is 0 Å². The molecule has 0 aromatic heterocycles. The van der Waals surface area contributed by atoms with Crippen LogP contribution in [0.25, 0.3) is 0 Å². The number of rotatable bonds is 0. The van der Waals surface area contributed by atoms with Crippen LogP contribution in [0.4, 0.5) is 0 Å². The van der Waals surface area contributed by atoms with Crippen LogP contribution in [0.3, 0.4) is 0 Å². The van der Waals surface area contributed by atoms with Gasteiger partial charge in [-0.2, -0.15) is 0 Å². The van der Waals surface area contributed by atoms with Crippen LogP contribution < -0.4 is 20.4 Å². The van der Waals surface area contributed by atoms with E-state index in [9.17, 15) is 0 Å². The van der Waals surface area contributed by atoms with Crippen molar-refractivity contribution in [2.75, 3.05) is 0 Å². The largest absolute Gasteiger partial charge is 4.00 e. The summed E-state index contributed by atoms with van der Waals surface area (Å²) in [6.45, 7) is 3.89. The first-order valence-corrected chi connectivity index (χ1v) is 3.63. The Morgan fingerprint density at radius 2 is 0.526 bits per heavy atom. The molecule has 0 aliphatic carbocycles. The molecule has 0 spiro atoms. The Hall–Kier alpha value is -1.32. The second kappa shape index (κ2) is 36.0. The van der Waals surface area contributed by atoms with Crippen LogP contribution in [0.1, 0.15) is 27.7 Å². The van der Waals surface area contributed by atoms with Gasteiger partial charge in [-0.15, -0.1) is 0 Å². The molecule has 0 saturated carbocycles. The predicted molar refractivity (Wildman–Crippen MR) is 50.0 cm³/mol. The molecule has 4 N–H and O–H groups in total. The van der Waals surface area contributed by atoms with E-state index in [0.29, 0.717) is 0 Å². The summed E-state index contributed by atoms with van der Waals surface area (Å²) in [5, 5.41) is 35.6. The van der Waals surface area contributed by atoms with Gasteiger partial charge in [-0.25, -0.2) is 0 Å². The standard InChI is InChI=1S/4C2H4O2.2H2O.Zr/c4*1-2(3)4;;;/h4*1H3,(H,3,4);2*1H2;/q;;;;;;+4/p-4. The number of aliphatic carboxylic acids is 4. The second-order valence-corrected chi connectivity index (χ2v) is 1.97. The fourth-order valence-corrected chi connectivity index (χ4v) is 0. The average Bonchev–Trinajstić information content (AvgIpc) is 1.76. The van der Waals surface area contributed by atoms with E-state index in [1.54, 1.807) is 0 Å². The second-order valence-electron chi connectivity index (χ2n) is 1.97. The monoisotopic (exact) mass is 362 g/mol. The Labute approximate surface area is 128 Å². The molecule has 0 fully saturated rings. The van der Waals surface area contributed by atoms with Crippen LogP contribution in [-0.2, 0) is 45.4 Å². The van der Waals surface area contributed by atoms with Crippen molar-refractivity contribution in [2.45, 2.75) is 27.7 Å². The maximum absolute atomic E-state index is 8.89. The van der Waals surface area contributed by atoms with E-state index in [1.165, 1.54) is 0 Å². The Morgan fingerprint density at radius 3 is 0.526 bits per heavy atom. The van der Waals surface area contributed by atoms with Crippen molar-refractivity contribution in [3.05, 3.63) is 0 Å². The van der Waals surface area contributed by atoms with Crippen molar-refractivity contribution in [3.8, 4) is 0 Å². The summed E-state index contributed by atoms with van der Waals surface area (Å²) in [4.78, 5) is 35.6. The van der Waals surface area contributed by atoms with Crippen LogP contribution in [-0.4, -0.2) is 34.8 Å². The summed E-state index contributed by atoms with van der Waals surface area (Å²) < 4.78 is 0. The maximum atomic E-state index is 8.89. The molecule has 0 saturated heterocycles. The third-order valence-corrected chi connectivity index (χ3v) is 0. The molecule has 0 radical (unpaired) electrons. The zero-order valence-electron chi connectivity index (χ0n) is 10.8. The van der Waals surface area contributed by atoms with E-state index < -0.39 is 23.9 Å². The molecular weight excluding hydrogens is 347 g/mol. The molecule has 0 rings (SSSR count). The van der Waals surface area contributed by atoms with Gasteiger partial charge in [-0.1, -0.05) is 0 Å². The van der Waals surface area contributed by atoms with Crippen LogP contribution in [0.5, 0.6) is 0 Å².